The molecule has 17 heavy (non-hydrogen) atoms. The lowest BCUT2D eigenvalue weighted by atomic mass is 9.95. The summed E-state index contributed by atoms with van der Waals surface area (Å²) in [6.07, 6.45) is 0.808. The van der Waals surface area contributed by atoms with Crippen molar-refractivity contribution in [1.29, 1.82) is 0 Å². The molecule has 2 saturated heterocycles. The van der Waals surface area contributed by atoms with E-state index in [0.717, 1.165) is 0 Å². The third kappa shape index (κ3) is 2.28. The standard InChI is InChI=1S/C11H17NO5/c1-7-8(2-4-17-7)9(13)12-11(10(14)15)3-5-16-6-11/h7-8H,2-6H2,1H3,(H,12,13)(H,14,15). The number of ether oxygens (including phenoxy) is 2. The Morgan fingerprint density at radius 3 is 2.65 bits per heavy atom. The maximum Gasteiger partial charge on any atom is 0.331 e. The minimum absolute atomic E-state index is 0.0377. The summed E-state index contributed by atoms with van der Waals surface area (Å²) in [6.45, 7) is 2.78. The van der Waals surface area contributed by atoms with Gasteiger partial charge in [0.15, 0.2) is 5.54 Å². The van der Waals surface area contributed by atoms with Gasteiger partial charge in [-0.3, -0.25) is 4.79 Å². The average Bonchev–Trinajstić information content (AvgIpc) is 2.87. The molecule has 0 aromatic rings. The molecule has 3 atom stereocenters. The molecule has 2 heterocycles. The fraction of sp³-hybridized carbons (Fsp3) is 0.818. The molecule has 0 spiro atoms. The first kappa shape index (κ1) is 12.3. The van der Waals surface area contributed by atoms with E-state index >= 15 is 0 Å². The highest BCUT2D eigenvalue weighted by Gasteiger charge is 2.45. The highest BCUT2D eigenvalue weighted by atomic mass is 16.5. The van der Waals surface area contributed by atoms with Gasteiger partial charge in [-0.25, -0.2) is 4.79 Å². The molecule has 2 rings (SSSR count). The maximum atomic E-state index is 12.0. The summed E-state index contributed by atoms with van der Waals surface area (Å²) in [5.41, 5.74) is -1.25. The Hall–Kier alpha value is -1.14. The molecule has 1 amide bonds. The lowest BCUT2D eigenvalue weighted by Gasteiger charge is -2.26. The second kappa shape index (κ2) is 4.62. The first-order chi connectivity index (χ1) is 8.05. The van der Waals surface area contributed by atoms with E-state index in [1.165, 1.54) is 0 Å². The van der Waals surface area contributed by atoms with Crippen molar-refractivity contribution in [3.63, 3.8) is 0 Å². The van der Waals surface area contributed by atoms with E-state index in [-0.39, 0.29) is 24.5 Å². The molecule has 2 fully saturated rings. The van der Waals surface area contributed by atoms with E-state index in [1.54, 1.807) is 0 Å². The number of aliphatic carboxylic acids is 1. The second-order valence-corrected chi connectivity index (χ2v) is 4.65. The number of rotatable bonds is 3. The molecule has 0 saturated carbocycles. The van der Waals surface area contributed by atoms with E-state index in [1.807, 2.05) is 6.92 Å². The van der Waals surface area contributed by atoms with Crippen molar-refractivity contribution in [3.8, 4) is 0 Å². The highest BCUT2D eigenvalue weighted by Crippen LogP contribution is 2.24. The zero-order valence-corrected chi connectivity index (χ0v) is 9.77. The topological polar surface area (TPSA) is 84.9 Å². The number of hydrogen-bond acceptors (Lipinski definition) is 4. The molecule has 0 radical (unpaired) electrons. The molecule has 96 valence electrons. The molecule has 2 aliphatic rings. The van der Waals surface area contributed by atoms with Gasteiger partial charge in [0.1, 0.15) is 0 Å². The Morgan fingerprint density at radius 2 is 2.18 bits per heavy atom. The van der Waals surface area contributed by atoms with Crippen LogP contribution < -0.4 is 5.32 Å². The van der Waals surface area contributed by atoms with Crippen molar-refractivity contribution in [2.24, 2.45) is 5.92 Å². The predicted octanol–water partition coefficient (Wildman–Crippen LogP) is -0.229. The summed E-state index contributed by atoms with van der Waals surface area (Å²) in [5.74, 6) is -1.54. The summed E-state index contributed by atoms with van der Waals surface area (Å²) in [4.78, 5) is 23.2. The monoisotopic (exact) mass is 243 g/mol. The minimum Gasteiger partial charge on any atom is -0.479 e. The Balaban J connectivity index is 2.03. The number of nitrogens with one attached hydrogen (secondary N) is 1. The Labute approximate surface area is 99.3 Å². The third-order valence-electron chi connectivity index (χ3n) is 3.51. The van der Waals surface area contributed by atoms with Crippen LogP contribution in [0.3, 0.4) is 0 Å². The zero-order chi connectivity index (χ0) is 12.5. The van der Waals surface area contributed by atoms with Crippen LogP contribution in [0.15, 0.2) is 0 Å². The van der Waals surface area contributed by atoms with Gasteiger partial charge in [0.25, 0.3) is 0 Å². The van der Waals surface area contributed by atoms with Crippen LogP contribution >= 0.6 is 0 Å². The average molecular weight is 243 g/mol. The largest absolute Gasteiger partial charge is 0.479 e. The van der Waals surface area contributed by atoms with Crippen LogP contribution in [0, 0.1) is 5.92 Å². The smallest absolute Gasteiger partial charge is 0.331 e. The number of hydrogen-bond donors (Lipinski definition) is 2. The van der Waals surface area contributed by atoms with Crippen LogP contribution in [0.4, 0.5) is 0 Å². The number of amides is 1. The van der Waals surface area contributed by atoms with E-state index in [4.69, 9.17) is 9.47 Å². The molecule has 2 N–H and O–H groups in total. The van der Waals surface area contributed by atoms with Gasteiger partial charge >= 0.3 is 5.97 Å². The molecule has 3 unspecified atom stereocenters. The predicted molar refractivity (Wildman–Crippen MR) is 57.5 cm³/mol. The number of carboxylic acids is 1. The van der Waals surface area contributed by atoms with E-state index in [2.05, 4.69) is 5.32 Å². The molecule has 0 bridgehead atoms. The summed E-state index contributed by atoms with van der Waals surface area (Å²) < 4.78 is 10.4. The fourth-order valence-corrected chi connectivity index (χ4v) is 2.29. The lowest BCUT2D eigenvalue weighted by Crippen LogP contribution is -2.57. The van der Waals surface area contributed by atoms with Gasteiger partial charge in [0.05, 0.1) is 18.6 Å². The highest BCUT2D eigenvalue weighted by molar-refractivity contribution is 5.88. The minimum atomic E-state index is -1.25. The normalized spacial score (nSPS) is 37.0. The molecular weight excluding hydrogens is 226 g/mol. The van der Waals surface area contributed by atoms with Crippen molar-refractivity contribution >= 4 is 11.9 Å². The number of carbonyl (C=O) groups is 2. The summed E-state index contributed by atoms with van der Waals surface area (Å²) in [5, 5.41) is 11.8. The summed E-state index contributed by atoms with van der Waals surface area (Å²) in [6, 6.07) is 0. The fourth-order valence-electron chi connectivity index (χ4n) is 2.29. The Morgan fingerprint density at radius 1 is 1.41 bits per heavy atom. The van der Waals surface area contributed by atoms with Gasteiger partial charge in [-0.2, -0.15) is 0 Å². The van der Waals surface area contributed by atoms with Crippen molar-refractivity contribution < 1.29 is 24.2 Å². The van der Waals surface area contributed by atoms with Crippen LogP contribution in [0.5, 0.6) is 0 Å². The lowest BCUT2D eigenvalue weighted by molar-refractivity contribution is -0.148. The van der Waals surface area contributed by atoms with Crippen molar-refractivity contribution in [3.05, 3.63) is 0 Å². The first-order valence-electron chi connectivity index (χ1n) is 5.80. The number of carbonyl (C=O) groups excluding carboxylic acids is 1. The Kier molecular flexibility index (Phi) is 3.35. The van der Waals surface area contributed by atoms with E-state index in [9.17, 15) is 14.7 Å². The Bertz CT molecular complexity index is 324. The van der Waals surface area contributed by atoms with Gasteiger partial charge in [-0.05, 0) is 13.3 Å². The molecule has 2 aliphatic heterocycles. The van der Waals surface area contributed by atoms with Crippen molar-refractivity contribution in [2.75, 3.05) is 19.8 Å². The van der Waals surface area contributed by atoms with Gasteiger partial charge in [0.2, 0.25) is 5.91 Å². The number of carboxylic acid groups (broad SMARTS) is 1. The van der Waals surface area contributed by atoms with Gasteiger partial charge < -0.3 is 19.9 Å². The van der Waals surface area contributed by atoms with Crippen LogP contribution in [-0.2, 0) is 19.1 Å². The van der Waals surface area contributed by atoms with Gasteiger partial charge in [-0.1, -0.05) is 0 Å². The summed E-state index contributed by atoms with van der Waals surface area (Å²) in [7, 11) is 0. The van der Waals surface area contributed by atoms with Crippen LogP contribution in [0.1, 0.15) is 19.8 Å². The van der Waals surface area contributed by atoms with E-state index < -0.39 is 11.5 Å². The summed E-state index contributed by atoms with van der Waals surface area (Å²) >= 11 is 0. The second-order valence-electron chi connectivity index (χ2n) is 4.65. The van der Waals surface area contributed by atoms with Crippen molar-refractivity contribution in [1.82, 2.24) is 5.32 Å². The molecule has 0 aromatic carbocycles. The van der Waals surface area contributed by atoms with Gasteiger partial charge in [0, 0.05) is 19.6 Å². The SMILES string of the molecule is CC1OCCC1C(=O)NC1(C(=O)O)CCOC1. The first-order valence-corrected chi connectivity index (χ1v) is 5.80. The maximum absolute atomic E-state index is 12.0. The van der Waals surface area contributed by atoms with E-state index in [0.29, 0.717) is 26.1 Å². The van der Waals surface area contributed by atoms with Crippen LogP contribution in [0.2, 0.25) is 0 Å². The van der Waals surface area contributed by atoms with Gasteiger partial charge in [-0.15, -0.1) is 0 Å². The van der Waals surface area contributed by atoms with Crippen molar-refractivity contribution in [2.45, 2.75) is 31.4 Å². The molecular formula is C11H17NO5. The molecule has 6 nitrogen and oxygen atoms in total. The van der Waals surface area contributed by atoms with Crippen LogP contribution in [-0.4, -0.2) is 48.4 Å². The quantitative estimate of drug-likeness (QED) is 0.715. The zero-order valence-electron chi connectivity index (χ0n) is 9.77. The third-order valence-corrected chi connectivity index (χ3v) is 3.51. The molecule has 6 heteroatoms. The molecule has 0 aliphatic carbocycles. The van der Waals surface area contributed by atoms with Crippen LogP contribution in [0.25, 0.3) is 0 Å². The molecule has 0 aromatic heterocycles.